The lowest BCUT2D eigenvalue weighted by molar-refractivity contribution is 0.0310. The smallest absolute Gasteiger partial charge is 0.0823 e. The Morgan fingerprint density at radius 3 is 2.40 bits per heavy atom. The first-order valence-corrected chi connectivity index (χ1v) is 5.90. The van der Waals surface area contributed by atoms with E-state index in [1.165, 1.54) is 0 Å². The molecule has 0 fully saturated rings. The van der Waals surface area contributed by atoms with Crippen molar-refractivity contribution < 1.29 is 9.47 Å². The van der Waals surface area contributed by atoms with Crippen molar-refractivity contribution in [2.45, 2.75) is 26.9 Å². The highest BCUT2D eigenvalue weighted by molar-refractivity contribution is 4.65. The first kappa shape index (κ1) is 14.8. The number of likely N-dealkylation sites (N-methyl/N-ethyl adjacent to an activating group) is 1. The van der Waals surface area contributed by atoms with Crippen LogP contribution in [0.2, 0.25) is 0 Å². The van der Waals surface area contributed by atoms with Gasteiger partial charge >= 0.3 is 0 Å². The second kappa shape index (κ2) is 10.4. The van der Waals surface area contributed by atoms with Gasteiger partial charge in [-0.15, -0.1) is 0 Å². The van der Waals surface area contributed by atoms with Gasteiger partial charge in [-0.2, -0.15) is 0 Å². The average Bonchev–Trinajstić information content (AvgIpc) is 2.26. The molecular weight excluding hydrogens is 192 g/mol. The molecule has 0 saturated carbocycles. The molecule has 1 atom stereocenters. The third-order valence-electron chi connectivity index (χ3n) is 2.33. The Kier molecular flexibility index (Phi) is 10.3. The van der Waals surface area contributed by atoms with Crippen LogP contribution in [-0.4, -0.2) is 57.0 Å². The van der Waals surface area contributed by atoms with Gasteiger partial charge in [-0.05, 0) is 20.4 Å². The van der Waals surface area contributed by atoms with Crippen LogP contribution in [0.3, 0.4) is 0 Å². The highest BCUT2D eigenvalue weighted by Gasteiger charge is 2.11. The minimum absolute atomic E-state index is 0.150. The van der Waals surface area contributed by atoms with Crippen molar-refractivity contribution in [3.63, 3.8) is 0 Å². The first-order valence-electron chi connectivity index (χ1n) is 5.90. The normalized spacial score (nSPS) is 13.4. The zero-order valence-electron chi connectivity index (χ0n) is 10.4. The zero-order chi connectivity index (χ0) is 11.5. The maximum Gasteiger partial charge on any atom is 0.0823 e. The molecule has 0 aromatic heterocycles. The maximum atomic E-state index is 5.63. The zero-order valence-corrected chi connectivity index (χ0v) is 10.4. The third kappa shape index (κ3) is 7.73. The summed E-state index contributed by atoms with van der Waals surface area (Å²) < 4.78 is 10.8. The molecule has 2 N–H and O–H groups in total. The van der Waals surface area contributed by atoms with Crippen molar-refractivity contribution in [2.24, 2.45) is 5.73 Å². The standard InChI is InChI=1S/C11H26N2O2/c1-4-13(7-8-14-5-2)10-11(9-12)15-6-3/h11H,4-10,12H2,1-3H3. The molecule has 0 aliphatic rings. The fraction of sp³-hybridized carbons (Fsp3) is 1.00. The summed E-state index contributed by atoms with van der Waals surface area (Å²) in [6.07, 6.45) is 0.150. The number of ether oxygens (including phenoxy) is 2. The van der Waals surface area contributed by atoms with Gasteiger partial charge in [-0.1, -0.05) is 6.92 Å². The topological polar surface area (TPSA) is 47.7 Å². The maximum absolute atomic E-state index is 5.63. The molecule has 1 unspecified atom stereocenters. The van der Waals surface area contributed by atoms with Crippen molar-refractivity contribution in [2.75, 3.05) is 46.0 Å². The summed E-state index contributed by atoms with van der Waals surface area (Å²) in [5, 5.41) is 0. The molecule has 92 valence electrons. The van der Waals surface area contributed by atoms with Crippen molar-refractivity contribution in [1.29, 1.82) is 0 Å². The van der Waals surface area contributed by atoms with Crippen LogP contribution >= 0.6 is 0 Å². The second-order valence-electron chi connectivity index (χ2n) is 3.40. The molecule has 0 aromatic carbocycles. The van der Waals surface area contributed by atoms with Gasteiger partial charge in [0.05, 0.1) is 12.7 Å². The van der Waals surface area contributed by atoms with Crippen LogP contribution in [0.4, 0.5) is 0 Å². The molecule has 15 heavy (non-hydrogen) atoms. The fourth-order valence-corrected chi connectivity index (χ4v) is 1.44. The van der Waals surface area contributed by atoms with Crippen LogP contribution in [0.15, 0.2) is 0 Å². The van der Waals surface area contributed by atoms with Gasteiger partial charge in [0.25, 0.3) is 0 Å². The van der Waals surface area contributed by atoms with Crippen LogP contribution in [0.25, 0.3) is 0 Å². The summed E-state index contributed by atoms with van der Waals surface area (Å²) in [5.74, 6) is 0. The highest BCUT2D eigenvalue weighted by Crippen LogP contribution is 1.96. The molecule has 4 heteroatoms. The van der Waals surface area contributed by atoms with Crippen LogP contribution in [0.1, 0.15) is 20.8 Å². The number of nitrogens with two attached hydrogens (primary N) is 1. The Morgan fingerprint density at radius 2 is 1.93 bits per heavy atom. The van der Waals surface area contributed by atoms with E-state index >= 15 is 0 Å². The largest absolute Gasteiger partial charge is 0.380 e. The van der Waals surface area contributed by atoms with Crippen molar-refractivity contribution in [3.05, 3.63) is 0 Å². The van der Waals surface area contributed by atoms with E-state index in [9.17, 15) is 0 Å². The Bertz CT molecular complexity index is 134. The second-order valence-corrected chi connectivity index (χ2v) is 3.40. The van der Waals surface area contributed by atoms with Crippen LogP contribution in [-0.2, 0) is 9.47 Å². The minimum Gasteiger partial charge on any atom is -0.380 e. The number of hydrogen-bond acceptors (Lipinski definition) is 4. The highest BCUT2D eigenvalue weighted by atomic mass is 16.5. The predicted molar refractivity (Wildman–Crippen MR) is 63.1 cm³/mol. The third-order valence-corrected chi connectivity index (χ3v) is 2.33. The van der Waals surface area contributed by atoms with Gasteiger partial charge in [0, 0.05) is 32.8 Å². The Morgan fingerprint density at radius 1 is 1.20 bits per heavy atom. The molecule has 0 saturated heterocycles. The molecule has 0 aliphatic carbocycles. The molecular formula is C11H26N2O2. The SMILES string of the molecule is CCOCCN(CC)CC(CN)OCC. The molecule has 0 radical (unpaired) electrons. The van der Waals surface area contributed by atoms with E-state index in [0.717, 1.165) is 39.5 Å². The molecule has 0 aliphatic heterocycles. The summed E-state index contributed by atoms with van der Waals surface area (Å²) in [6.45, 7) is 11.9. The lowest BCUT2D eigenvalue weighted by atomic mass is 10.3. The quantitative estimate of drug-likeness (QED) is 0.549. The average molecular weight is 218 g/mol. The van der Waals surface area contributed by atoms with E-state index in [1.54, 1.807) is 0 Å². The van der Waals surface area contributed by atoms with E-state index in [-0.39, 0.29) is 6.10 Å². The number of rotatable bonds is 10. The monoisotopic (exact) mass is 218 g/mol. The van der Waals surface area contributed by atoms with Gasteiger partial charge in [0.15, 0.2) is 0 Å². The molecule has 0 aromatic rings. The van der Waals surface area contributed by atoms with Crippen LogP contribution in [0, 0.1) is 0 Å². The Balaban J connectivity index is 3.73. The summed E-state index contributed by atoms with van der Waals surface area (Å²) in [4.78, 5) is 2.31. The van der Waals surface area contributed by atoms with Gasteiger partial charge in [-0.3, -0.25) is 4.90 Å². The molecule has 0 amide bonds. The van der Waals surface area contributed by atoms with E-state index in [2.05, 4.69) is 11.8 Å². The Hall–Kier alpha value is -0.160. The van der Waals surface area contributed by atoms with Crippen molar-refractivity contribution >= 4 is 0 Å². The number of nitrogens with zero attached hydrogens (tertiary/aromatic N) is 1. The lowest BCUT2D eigenvalue weighted by Crippen LogP contribution is -2.39. The van der Waals surface area contributed by atoms with Crippen molar-refractivity contribution in [1.82, 2.24) is 4.90 Å². The number of hydrogen-bond donors (Lipinski definition) is 1. The summed E-state index contributed by atoms with van der Waals surface area (Å²) >= 11 is 0. The summed E-state index contributed by atoms with van der Waals surface area (Å²) in [6, 6.07) is 0. The van der Waals surface area contributed by atoms with E-state index in [0.29, 0.717) is 6.54 Å². The van der Waals surface area contributed by atoms with Crippen molar-refractivity contribution in [3.8, 4) is 0 Å². The fourth-order valence-electron chi connectivity index (χ4n) is 1.44. The van der Waals surface area contributed by atoms with Crippen LogP contribution < -0.4 is 5.73 Å². The van der Waals surface area contributed by atoms with E-state index in [1.807, 2.05) is 13.8 Å². The van der Waals surface area contributed by atoms with Gasteiger partial charge in [0.2, 0.25) is 0 Å². The van der Waals surface area contributed by atoms with Gasteiger partial charge in [-0.25, -0.2) is 0 Å². The molecule has 0 rings (SSSR count). The van der Waals surface area contributed by atoms with E-state index in [4.69, 9.17) is 15.2 Å². The van der Waals surface area contributed by atoms with Crippen LogP contribution in [0.5, 0.6) is 0 Å². The molecule has 0 bridgehead atoms. The summed E-state index contributed by atoms with van der Waals surface area (Å²) in [7, 11) is 0. The molecule has 0 heterocycles. The van der Waals surface area contributed by atoms with Gasteiger partial charge in [0.1, 0.15) is 0 Å². The Labute approximate surface area is 93.7 Å². The lowest BCUT2D eigenvalue weighted by Gasteiger charge is -2.25. The van der Waals surface area contributed by atoms with Gasteiger partial charge < -0.3 is 15.2 Å². The molecule has 4 nitrogen and oxygen atoms in total. The first-order chi connectivity index (χ1) is 7.28. The minimum atomic E-state index is 0.150. The summed E-state index contributed by atoms with van der Waals surface area (Å²) in [5.41, 5.74) is 5.63. The molecule has 0 spiro atoms. The predicted octanol–water partition coefficient (Wildman–Crippen LogP) is 0.709. The van der Waals surface area contributed by atoms with E-state index < -0.39 is 0 Å².